The van der Waals surface area contributed by atoms with Crippen molar-refractivity contribution in [2.75, 3.05) is 18.5 Å². The number of carbonyl (C=O) groups is 2. The molecule has 4 rings (SSSR count). The molecule has 0 aromatic heterocycles. The molecular weight excluding hydrogens is 320 g/mol. The third-order valence-electron chi connectivity index (χ3n) is 4.37. The molecule has 1 atom stereocenters. The van der Waals surface area contributed by atoms with Gasteiger partial charge in [-0.3, -0.25) is 9.59 Å². The van der Waals surface area contributed by atoms with Crippen molar-refractivity contribution in [3.05, 3.63) is 53.6 Å². The largest absolute Gasteiger partial charge is 0.488 e. The van der Waals surface area contributed by atoms with E-state index in [9.17, 15) is 9.59 Å². The van der Waals surface area contributed by atoms with Crippen LogP contribution in [0.4, 0.5) is 5.69 Å². The van der Waals surface area contributed by atoms with Gasteiger partial charge in [-0.2, -0.15) is 0 Å². The third-order valence-corrected chi connectivity index (χ3v) is 4.37. The number of benzene rings is 2. The molecular formula is C19H18N2O4. The normalized spacial score (nSPS) is 18.1. The zero-order valence-corrected chi connectivity index (χ0v) is 13.6. The lowest BCUT2D eigenvalue weighted by Gasteiger charge is -2.26. The standard InChI is InChI=1S/C19H18N2O4/c22-18-11-24-17-9-13(6-8-15(17)21-18)19(23)20-10-14-7-5-12-3-1-2-4-16(12)25-14/h1-4,6,8-9,14H,5,7,10-11H2,(H,20,23)(H,21,22)/t14-/m1/s1. The zero-order valence-electron chi connectivity index (χ0n) is 13.6. The Kier molecular flexibility index (Phi) is 4.01. The predicted molar refractivity (Wildman–Crippen MR) is 92.1 cm³/mol. The summed E-state index contributed by atoms with van der Waals surface area (Å²) in [5.41, 5.74) is 2.28. The van der Waals surface area contributed by atoms with Crippen LogP contribution < -0.4 is 20.1 Å². The number of amides is 2. The first-order chi connectivity index (χ1) is 12.2. The molecule has 0 unspecified atom stereocenters. The molecule has 6 nitrogen and oxygen atoms in total. The summed E-state index contributed by atoms with van der Waals surface area (Å²) < 4.78 is 11.3. The summed E-state index contributed by atoms with van der Waals surface area (Å²) in [5.74, 6) is 1.02. The summed E-state index contributed by atoms with van der Waals surface area (Å²) in [7, 11) is 0. The van der Waals surface area contributed by atoms with Crippen molar-refractivity contribution < 1.29 is 19.1 Å². The average molecular weight is 338 g/mol. The molecule has 0 aliphatic carbocycles. The molecule has 0 fully saturated rings. The topological polar surface area (TPSA) is 76.7 Å². The van der Waals surface area contributed by atoms with Crippen LogP contribution in [0.25, 0.3) is 0 Å². The first kappa shape index (κ1) is 15.5. The van der Waals surface area contributed by atoms with Crippen molar-refractivity contribution in [1.82, 2.24) is 5.32 Å². The fourth-order valence-electron chi connectivity index (χ4n) is 3.05. The number of para-hydroxylation sites is 1. The van der Waals surface area contributed by atoms with Crippen LogP contribution in [-0.2, 0) is 11.2 Å². The monoisotopic (exact) mass is 338 g/mol. The molecule has 2 aromatic carbocycles. The maximum atomic E-state index is 12.4. The van der Waals surface area contributed by atoms with Gasteiger partial charge in [0.2, 0.25) is 0 Å². The van der Waals surface area contributed by atoms with Crippen molar-refractivity contribution in [2.24, 2.45) is 0 Å². The lowest BCUT2D eigenvalue weighted by Crippen LogP contribution is -2.37. The van der Waals surface area contributed by atoms with Crippen LogP contribution in [0.15, 0.2) is 42.5 Å². The van der Waals surface area contributed by atoms with E-state index in [0.717, 1.165) is 18.6 Å². The highest BCUT2D eigenvalue weighted by atomic mass is 16.5. The van der Waals surface area contributed by atoms with Crippen molar-refractivity contribution in [1.29, 1.82) is 0 Å². The van der Waals surface area contributed by atoms with Crippen molar-refractivity contribution in [3.63, 3.8) is 0 Å². The smallest absolute Gasteiger partial charge is 0.262 e. The first-order valence-electron chi connectivity index (χ1n) is 8.28. The molecule has 2 aliphatic rings. The van der Waals surface area contributed by atoms with E-state index in [1.54, 1.807) is 18.2 Å². The highest BCUT2D eigenvalue weighted by Gasteiger charge is 2.21. The highest BCUT2D eigenvalue weighted by molar-refractivity contribution is 5.98. The molecule has 2 N–H and O–H groups in total. The van der Waals surface area contributed by atoms with Gasteiger partial charge in [-0.25, -0.2) is 0 Å². The predicted octanol–water partition coefficient (Wildman–Crippen LogP) is 2.14. The van der Waals surface area contributed by atoms with Gasteiger partial charge in [0, 0.05) is 5.56 Å². The molecule has 128 valence electrons. The van der Waals surface area contributed by atoms with E-state index >= 15 is 0 Å². The molecule has 0 spiro atoms. The van der Waals surface area contributed by atoms with Gasteiger partial charge in [-0.1, -0.05) is 18.2 Å². The number of anilines is 1. The van der Waals surface area contributed by atoms with E-state index < -0.39 is 0 Å². The lowest BCUT2D eigenvalue weighted by atomic mass is 10.0. The maximum absolute atomic E-state index is 12.4. The van der Waals surface area contributed by atoms with Crippen LogP contribution >= 0.6 is 0 Å². The minimum atomic E-state index is -0.195. The quantitative estimate of drug-likeness (QED) is 0.899. The van der Waals surface area contributed by atoms with Crippen LogP contribution in [0.5, 0.6) is 11.5 Å². The fourth-order valence-corrected chi connectivity index (χ4v) is 3.05. The van der Waals surface area contributed by atoms with Gasteiger partial charge >= 0.3 is 0 Å². The number of hydrogen-bond donors (Lipinski definition) is 2. The Morgan fingerprint density at radius 2 is 2.08 bits per heavy atom. The van der Waals surface area contributed by atoms with E-state index in [0.29, 0.717) is 23.5 Å². The van der Waals surface area contributed by atoms with Crippen molar-refractivity contribution in [3.8, 4) is 11.5 Å². The van der Waals surface area contributed by atoms with E-state index in [4.69, 9.17) is 9.47 Å². The summed E-state index contributed by atoms with van der Waals surface area (Å²) in [5, 5.41) is 5.61. The van der Waals surface area contributed by atoms with Crippen LogP contribution in [0, 0.1) is 0 Å². The Balaban J connectivity index is 1.38. The van der Waals surface area contributed by atoms with E-state index in [1.165, 1.54) is 5.56 Å². The average Bonchev–Trinajstić information content (AvgIpc) is 2.65. The number of rotatable bonds is 3. The number of ether oxygens (including phenoxy) is 2. The van der Waals surface area contributed by atoms with Gasteiger partial charge in [0.25, 0.3) is 11.8 Å². The van der Waals surface area contributed by atoms with Crippen molar-refractivity contribution >= 4 is 17.5 Å². The maximum Gasteiger partial charge on any atom is 0.262 e. The molecule has 25 heavy (non-hydrogen) atoms. The van der Waals surface area contributed by atoms with Gasteiger partial charge in [0.05, 0.1) is 12.2 Å². The molecule has 2 aliphatic heterocycles. The van der Waals surface area contributed by atoms with Crippen LogP contribution in [-0.4, -0.2) is 31.1 Å². The fraction of sp³-hybridized carbons (Fsp3) is 0.263. The minimum Gasteiger partial charge on any atom is -0.488 e. The molecule has 2 aromatic rings. The second kappa shape index (κ2) is 6.47. The second-order valence-electron chi connectivity index (χ2n) is 6.14. The Morgan fingerprint density at radius 1 is 1.20 bits per heavy atom. The molecule has 0 bridgehead atoms. The number of nitrogens with one attached hydrogen (secondary N) is 2. The Morgan fingerprint density at radius 3 is 3.00 bits per heavy atom. The van der Waals surface area contributed by atoms with Gasteiger partial charge in [0.15, 0.2) is 6.61 Å². The van der Waals surface area contributed by atoms with Gasteiger partial charge in [0.1, 0.15) is 17.6 Å². The second-order valence-corrected chi connectivity index (χ2v) is 6.14. The highest BCUT2D eigenvalue weighted by Crippen LogP contribution is 2.29. The summed E-state index contributed by atoms with van der Waals surface area (Å²) in [6, 6.07) is 13.0. The summed E-state index contributed by atoms with van der Waals surface area (Å²) >= 11 is 0. The lowest BCUT2D eigenvalue weighted by molar-refractivity contribution is -0.118. The summed E-state index contributed by atoms with van der Waals surface area (Å²) in [6.45, 7) is 0.412. The molecule has 0 saturated carbocycles. The van der Waals surface area contributed by atoms with E-state index in [1.807, 2.05) is 18.2 Å². The van der Waals surface area contributed by atoms with Crippen LogP contribution in [0.2, 0.25) is 0 Å². The van der Waals surface area contributed by atoms with Gasteiger partial charge < -0.3 is 20.1 Å². The molecule has 6 heteroatoms. The zero-order chi connectivity index (χ0) is 17.2. The van der Waals surface area contributed by atoms with E-state index in [-0.39, 0.29) is 24.5 Å². The minimum absolute atomic E-state index is 0.0343. The Labute approximate surface area is 145 Å². The van der Waals surface area contributed by atoms with Crippen LogP contribution in [0.1, 0.15) is 22.3 Å². The van der Waals surface area contributed by atoms with Gasteiger partial charge in [-0.05, 0) is 42.7 Å². The third kappa shape index (κ3) is 3.28. The molecule has 2 amide bonds. The number of aryl methyl sites for hydroxylation is 1. The SMILES string of the molecule is O=C1COc2cc(C(=O)NC[C@H]3CCc4ccccc4O3)ccc2N1. The van der Waals surface area contributed by atoms with Crippen LogP contribution in [0.3, 0.4) is 0 Å². The number of fused-ring (bicyclic) bond motifs is 2. The first-order valence-corrected chi connectivity index (χ1v) is 8.28. The van der Waals surface area contributed by atoms with Crippen molar-refractivity contribution in [2.45, 2.75) is 18.9 Å². The van der Waals surface area contributed by atoms with E-state index in [2.05, 4.69) is 16.7 Å². The molecule has 2 heterocycles. The summed E-state index contributed by atoms with van der Waals surface area (Å²) in [4.78, 5) is 23.7. The number of carbonyl (C=O) groups excluding carboxylic acids is 2. The summed E-state index contributed by atoms with van der Waals surface area (Å²) in [6.07, 6.45) is 1.78. The van der Waals surface area contributed by atoms with Gasteiger partial charge in [-0.15, -0.1) is 0 Å². The Hall–Kier alpha value is -3.02. The Bertz CT molecular complexity index is 834. The molecule has 0 radical (unpaired) electrons. The molecule has 0 saturated heterocycles. The number of hydrogen-bond acceptors (Lipinski definition) is 4.